The standard InChI is InChI=1S/C27H24O19/c28-6-15-19(36)22(45-25(40)8-2-10(29)16(33)11(30)3-8)23(27(42)44-15)46-26(41)9-5-13(32)18(35)20(37)21(9)43-14-4-7(24(38)39)1-12(31)17(14)34/h1-5,15,19,22-23,27-37,42H,6H2,(H,38,39)/t15-,19-,22+,23-,27?/m1/s1. The SMILES string of the molecule is O=C(O)c1cc(O)c(O)c(Oc2c(C(=O)O[C@H]3C(O)O[C@H](CO)[C@@H](O)[C@@H]3OC(=O)c3cc(O)c(O)c(O)c3)cc(O)c(O)c2O)c1. The minimum Gasteiger partial charge on any atom is -0.504 e. The van der Waals surface area contributed by atoms with Crippen molar-refractivity contribution in [2.45, 2.75) is 30.7 Å². The quantitative estimate of drug-likeness (QED) is 0.109. The lowest BCUT2D eigenvalue weighted by Gasteiger charge is -2.41. The lowest BCUT2D eigenvalue weighted by molar-refractivity contribution is -0.285. The van der Waals surface area contributed by atoms with Crippen molar-refractivity contribution in [3.8, 4) is 57.5 Å². The summed E-state index contributed by atoms with van der Waals surface area (Å²) in [5.74, 6) is -15.5. The Hall–Kier alpha value is -5.89. The summed E-state index contributed by atoms with van der Waals surface area (Å²) in [7, 11) is 0. The molecule has 19 heteroatoms. The van der Waals surface area contributed by atoms with Gasteiger partial charge in [0.2, 0.25) is 17.2 Å². The van der Waals surface area contributed by atoms with Crippen molar-refractivity contribution in [1.29, 1.82) is 0 Å². The first kappa shape index (κ1) is 33.0. The number of aliphatic hydroxyl groups excluding tert-OH is 3. The van der Waals surface area contributed by atoms with Crippen LogP contribution in [0.4, 0.5) is 0 Å². The number of carbonyl (C=O) groups is 3. The molecule has 46 heavy (non-hydrogen) atoms. The lowest BCUT2D eigenvalue weighted by atomic mass is 9.98. The minimum atomic E-state index is -2.26. The Bertz CT molecular complexity index is 1680. The van der Waals surface area contributed by atoms with E-state index < -0.39 is 129 Å². The van der Waals surface area contributed by atoms with Gasteiger partial charge in [-0.2, -0.15) is 0 Å². The summed E-state index contributed by atoms with van der Waals surface area (Å²) in [5.41, 5.74) is -2.26. The number of benzene rings is 3. The molecule has 0 radical (unpaired) electrons. The average molecular weight is 652 g/mol. The van der Waals surface area contributed by atoms with Crippen LogP contribution in [0.5, 0.6) is 57.5 Å². The normalized spacial score (nSPS) is 20.9. The molecule has 0 aliphatic carbocycles. The molecule has 0 aromatic heterocycles. The number of esters is 2. The van der Waals surface area contributed by atoms with Gasteiger partial charge in [0.25, 0.3) is 0 Å². The van der Waals surface area contributed by atoms with Crippen molar-refractivity contribution in [2.75, 3.05) is 6.61 Å². The molecule has 3 aromatic rings. The Morgan fingerprint density at radius 1 is 0.674 bits per heavy atom. The smallest absolute Gasteiger partial charge is 0.342 e. The molecule has 3 aromatic carbocycles. The molecule has 1 unspecified atom stereocenters. The van der Waals surface area contributed by atoms with Gasteiger partial charge in [-0.15, -0.1) is 0 Å². The third kappa shape index (κ3) is 6.19. The van der Waals surface area contributed by atoms with Crippen LogP contribution in [0.3, 0.4) is 0 Å². The van der Waals surface area contributed by atoms with Gasteiger partial charge in [-0.25, -0.2) is 14.4 Å². The van der Waals surface area contributed by atoms with E-state index in [2.05, 4.69) is 0 Å². The van der Waals surface area contributed by atoms with Gasteiger partial charge in [0.15, 0.2) is 58.7 Å². The number of ether oxygens (including phenoxy) is 4. The summed E-state index contributed by atoms with van der Waals surface area (Å²) in [6, 6.07) is 3.04. The van der Waals surface area contributed by atoms with Crippen LogP contribution in [0.25, 0.3) is 0 Å². The Balaban J connectivity index is 1.72. The number of aliphatic hydroxyl groups is 3. The van der Waals surface area contributed by atoms with E-state index in [1.54, 1.807) is 0 Å². The van der Waals surface area contributed by atoms with Crippen LogP contribution in [-0.2, 0) is 14.2 Å². The van der Waals surface area contributed by atoms with Crippen LogP contribution in [-0.4, -0.2) is 116 Å². The van der Waals surface area contributed by atoms with Gasteiger partial charge in [0.1, 0.15) is 17.8 Å². The third-order valence-corrected chi connectivity index (χ3v) is 6.55. The topological polar surface area (TPSA) is 331 Å². The highest BCUT2D eigenvalue weighted by molar-refractivity contribution is 5.96. The highest BCUT2D eigenvalue weighted by Gasteiger charge is 2.49. The first-order valence-electron chi connectivity index (χ1n) is 12.6. The number of aromatic hydroxyl groups is 8. The van der Waals surface area contributed by atoms with E-state index in [0.29, 0.717) is 30.3 Å². The summed E-state index contributed by atoms with van der Waals surface area (Å²) < 4.78 is 20.5. The zero-order chi connectivity index (χ0) is 34.2. The second kappa shape index (κ2) is 12.6. The zero-order valence-corrected chi connectivity index (χ0v) is 22.7. The van der Waals surface area contributed by atoms with Gasteiger partial charge < -0.3 is 80.2 Å². The highest BCUT2D eigenvalue weighted by atomic mass is 16.7. The first-order valence-corrected chi connectivity index (χ1v) is 12.6. The Kier molecular flexibility index (Phi) is 9.05. The van der Waals surface area contributed by atoms with Crippen LogP contribution in [0.2, 0.25) is 0 Å². The summed E-state index contributed by atoms with van der Waals surface area (Å²) in [4.78, 5) is 37.6. The predicted octanol–water partition coefficient (Wildman–Crippen LogP) is -0.357. The minimum absolute atomic E-state index is 0.455. The number of phenols is 8. The summed E-state index contributed by atoms with van der Waals surface area (Å²) >= 11 is 0. The largest absolute Gasteiger partial charge is 0.504 e. The molecular weight excluding hydrogens is 628 g/mol. The van der Waals surface area contributed by atoms with Crippen molar-refractivity contribution in [1.82, 2.24) is 0 Å². The number of carboxylic acids is 1. The molecule has 12 N–H and O–H groups in total. The summed E-state index contributed by atoms with van der Waals surface area (Å²) in [6.07, 6.45) is -10.2. The van der Waals surface area contributed by atoms with E-state index in [4.69, 9.17) is 18.9 Å². The molecular formula is C27H24O19. The predicted molar refractivity (Wildman–Crippen MR) is 142 cm³/mol. The fraction of sp³-hybridized carbons (Fsp3) is 0.222. The number of hydrogen-bond acceptors (Lipinski definition) is 18. The number of carbonyl (C=O) groups excluding carboxylic acids is 2. The van der Waals surface area contributed by atoms with E-state index in [1.165, 1.54) is 0 Å². The van der Waals surface area contributed by atoms with Crippen LogP contribution in [0.15, 0.2) is 30.3 Å². The van der Waals surface area contributed by atoms with Gasteiger partial charge in [-0.05, 0) is 24.3 Å². The Labute approximate surface area is 254 Å². The van der Waals surface area contributed by atoms with E-state index in [-0.39, 0.29) is 0 Å². The average Bonchev–Trinajstić information content (AvgIpc) is 3.00. The fourth-order valence-corrected chi connectivity index (χ4v) is 4.21. The number of phenolic OH excluding ortho intramolecular Hbond substituents is 8. The maximum Gasteiger partial charge on any atom is 0.342 e. The third-order valence-electron chi connectivity index (χ3n) is 6.55. The molecule has 246 valence electrons. The van der Waals surface area contributed by atoms with E-state index in [9.17, 15) is 75.7 Å². The molecule has 4 rings (SSSR count). The van der Waals surface area contributed by atoms with E-state index >= 15 is 0 Å². The molecule has 1 heterocycles. The van der Waals surface area contributed by atoms with Crippen molar-refractivity contribution >= 4 is 17.9 Å². The van der Waals surface area contributed by atoms with Crippen molar-refractivity contribution in [2.24, 2.45) is 0 Å². The molecule has 5 atom stereocenters. The first-order chi connectivity index (χ1) is 21.5. The maximum atomic E-state index is 13.4. The second-order valence-electron chi connectivity index (χ2n) is 9.56. The molecule has 0 saturated carbocycles. The van der Waals surface area contributed by atoms with Gasteiger partial charge in [0, 0.05) is 6.07 Å². The molecule has 0 bridgehead atoms. The summed E-state index contributed by atoms with van der Waals surface area (Å²) in [5, 5.41) is 120. The molecule has 19 nitrogen and oxygen atoms in total. The van der Waals surface area contributed by atoms with Gasteiger partial charge in [0.05, 0.1) is 17.7 Å². The van der Waals surface area contributed by atoms with E-state index in [0.717, 1.165) is 0 Å². The van der Waals surface area contributed by atoms with Crippen molar-refractivity contribution < 1.29 is 94.6 Å². The second-order valence-corrected chi connectivity index (χ2v) is 9.56. The lowest BCUT2D eigenvalue weighted by Crippen LogP contribution is -2.61. The van der Waals surface area contributed by atoms with Gasteiger partial charge in [-0.3, -0.25) is 0 Å². The summed E-state index contributed by atoms with van der Waals surface area (Å²) in [6.45, 7) is -0.961. The van der Waals surface area contributed by atoms with E-state index in [1.807, 2.05) is 0 Å². The number of hydrogen-bond donors (Lipinski definition) is 12. The van der Waals surface area contributed by atoms with Gasteiger partial charge >= 0.3 is 17.9 Å². The van der Waals surface area contributed by atoms with Crippen LogP contribution >= 0.6 is 0 Å². The van der Waals surface area contributed by atoms with Gasteiger partial charge in [-0.1, -0.05) is 0 Å². The molecule has 0 spiro atoms. The fourth-order valence-electron chi connectivity index (χ4n) is 4.21. The zero-order valence-electron chi connectivity index (χ0n) is 22.7. The number of aromatic carboxylic acids is 1. The number of carboxylic acid groups (broad SMARTS) is 1. The highest BCUT2D eigenvalue weighted by Crippen LogP contribution is 2.49. The number of rotatable bonds is 8. The van der Waals surface area contributed by atoms with Crippen molar-refractivity contribution in [3.05, 3.63) is 47.0 Å². The van der Waals surface area contributed by atoms with Crippen LogP contribution < -0.4 is 4.74 Å². The molecule has 0 amide bonds. The molecule has 1 fully saturated rings. The van der Waals surface area contributed by atoms with Crippen LogP contribution in [0.1, 0.15) is 31.1 Å². The molecule has 1 aliphatic heterocycles. The Morgan fingerprint density at radius 2 is 1.22 bits per heavy atom. The monoisotopic (exact) mass is 652 g/mol. The van der Waals surface area contributed by atoms with Crippen molar-refractivity contribution in [3.63, 3.8) is 0 Å². The molecule has 1 saturated heterocycles. The maximum absolute atomic E-state index is 13.4. The molecule has 1 aliphatic rings. The van der Waals surface area contributed by atoms with Crippen LogP contribution in [0, 0.1) is 0 Å². The Morgan fingerprint density at radius 3 is 1.80 bits per heavy atom.